The first kappa shape index (κ1) is 24.5. The predicted octanol–water partition coefficient (Wildman–Crippen LogP) is 4.04. The molecule has 4 aromatic rings. The molecule has 0 N–H and O–H groups in total. The van der Waals surface area contributed by atoms with E-state index in [1.54, 1.807) is 17.0 Å². The molecule has 0 saturated carbocycles. The molecule has 1 aliphatic rings. The zero-order valence-electron chi connectivity index (χ0n) is 20.4. The Balaban J connectivity index is 1.18. The largest absolute Gasteiger partial charge is 0.447 e. The van der Waals surface area contributed by atoms with Crippen molar-refractivity contribution in [3.05, 3.63) is 87.9 Å². The lowest BCUT2D eigenvalue weighted by molar-refractivity contribution is -0.384. The van der Waals surface area contributed by atoms with Gasteiger partial charge in [0, 0.05) is 49.7 Å². The number of nitro groups is 1. The molecule has 1 aliphatic heterocycles. The molecule has 5 rings (SSSR count). The number of piperazine rings is 1. The second-order valence-electron chi connectivity index (χ2n) is 8.67. The third-order valence-corrected chi connectivity index (χ3v) is 7.09. The van der Waals surface area contributed by atoms with Crippen molar-refractivity contribution in [1.82, 2.24) is 24.6 Å². The van der Waals surface area contributed by atoms with Crippen molar-refractivity contribution in [3.63, 3.8) is 0 Å². The minimum absolute atomic E-state index is 0.0584. The minimum Gasteiger partial charge on any atom is -0.447 e. The number of oxazole rings is 1. The van der Waals surface area contributed by atoms with Crippen molar-refractivity contribution >= 4 is 29.0 Å². The van der Waals surface area contributed by atoms with Crippen LogP contribution in [0.15, 0.2) is 64.4 Å². The van der Waals surface area contributed by atoms with Crippen molar-refractivity contribution < 1.29 is 14.1 Å². The fourth-order valence-corrected chi connectivity index (χ4v) is 4.99. The van der Waals surface area contributed by atoms with Crippen LogP contribution in [0.1, 0.15) is 27.8 Å². The van der Waals surface area contributed by atoms with Gasteiger partial charge in [0.1, 0.15) is 12.1 Å². The van der Waals surface area contributed by atoms with Crippen molar-refractivity contribution in [3.8, 4) is 5.69 Å². The molecule has 2 aromatic carbocycles. The van der Waals surface area contributed by atoms with Gasteiger partial charge in [-0.15, -0.1) is 10.2 Å². The standard InChI is InChI=1S/C25H25N7O4S/c1-17-3-5-20(6-4-17)31-18(2)27-28-25(31)37-16-23-26-22(15-36-23)24(33)30-13-11-29(12-14-30)19-7-9-21(10-8-19)32(34)35/h3-10,15H,11-14,16H2,1-2H3. The summed E-state index contributed by atoms with van der Waals surface area (Å²) in [4.78, 5) is 31.7. The van der Waals surface area contributed by atoms with Gasteiger partial charge in [-0.25, -0.2) is 4.98 Å². The van der Waals surface area contributed by atoms with Crippen molar-refractivity contribution in [2.75, 3.05) is 31.1 Å². The van der Waals surface area contributed by atoms with Gasteiger partial charge in [-0.2, -0.15) is 0 Å². The number of benzene rings is 2. The van der Waals surface area contributed by atoms with Crippen LogP contribution in [0.3, 0.4) is 0 Å². The van der Waals surface area contributed by atoms with Crippen LogP contribution in [-0.4, -0.2) is 61.7 Å². The fraction of sp³-hybridized carbons (Fsp3) is 0.280. The molecule has 0 radical (unpaired) electrons. The molecule has 12 heteroatoms. The number of nitrogens with zero attached hydrogens (tertiary/aromatic N) is 7. The number of aromatic nitrogens is 4. The second-order valence-corrected chi connectivity index (χ2v) is 9.61. The van der Waals surface area contributed by atoms with Crippen LogP contribution in [0, 0.1) is 24.0 Å². The lowest BCUT2D eigenvalue weighted by Gasteiger charge is -2.35. The number of thioether (sulfide) groups is 1. The number of carbonyl (C=O) groups excluding carboxylic acids is 1. The summed E-state index contributed by atoms with van der Waals surface area (Å²) in [5, 5.41) is 20.1. The molecule has 0 atom stereocenters. The number of amides is 1. The zero-order valence-corrected chi connectivity index (χ0v) is 21.2. The van der Waals surface area contributed by atoms with Crippen LogP contribution in [0.4, 0.5) is 11.4 Å². The Labute approximate surface area is 217 Å². The van der Waals surface area contributed by atoms with Crippen molar-refractivity contribution in [2.45, 2.75) is 24.8 Å². The maximum Gasteiger partial charge on any atom is 0.275 e. The van der Waals surface area contributed by atoms with Crippen LogP contribution in [0.5, 0.6) is 0 Å². The third-order valence-electron chi connectivity index (χ3n) is 6.18. The van der Waals surface area contributed by atoms with Gasteiger partial charge in [0.2, 0.25) is 5.89 Å². The zero-order chi connectivity index (χ0) is 25.9. The summed E-state index contributed by atoms with van der Waals surface area (Å²) >= 11 is 1.44. The maximum absolute atomic E-state index is 13.0. The Bertz CT molecular complexity index is 1410. The Morgan fingerprint density at radius 2 is 1.68 bits per heavy atom. The SMILES string of the molecule is Cc1ccc(-n2c(C)nnc2SCc2nc(C(=O)N3CCN(c4ccc([N+](=O)[O-])cc4)CC3)co2)cc1. The summed E-state index contributed by atoms with van der Waals surface area (Å²) in [6.07, 6.45) is 1.40. The highest BCUT2D eigenvalue weighted by molar-refractivity contribution is 7.98. The van der Waals surface area contributed by atoms with Gasteiger partial charge in [0.15, 0.2) is 10.9 Å². The molecule has 0 spiro atoms. The molecule has 11 nitrogen and oxygen atoms in total. The summed E-state index contributed by atoms with van der Waals surface area (Å²) in [5.41, 5.74) is 3.38. The van der Waals surface area contributed by atoms with E-state index in [1.165, 1.54) is 35.7 Å². The Hall–Kier alpha value is -4.19. The van der Waals surface area contributed by atoms with E-state index in [0.29, 0.717) is 37.8 Å². The van der Waals surface area contributed by atoms with Crippen LogP contribution in [0.2, 0.25) is 0 Å². The van der Waals surface area contributed by atoms with E-state index in [2.05, 4.69) is 20.1 Å². The summed E-state index contributed by atoms with van der Waals surface area (Å²) in [6.45, 7) is 6.23. The summed E-state index contributed by atoms with van der Waals surface area (Å²) in [5.74, 6) is 1.45. The average Bonchev–Trinajstić information content (AvgIpc) is 3.54. The highest BCUT2D eigenvalue weighted by atomic mass is 32.2. The average molecular weight is 520 g/mol. The molecular formula is C25H25N7O4S. The smallest absolute Gasteiger partial charge is 0.275 e. The normalized spacial score (nSPS) is 13.7. The fourth-order valence-electron chi connectivity index (χ4n) is 4.14. The predicted molar refractivity (Wildman–Crippen MR) is 138 cm³/mol. The lowest BCUT2D eigenvalue weighted by atomic mass is 10.2. The van der Waals surface area contributed by atoms with Crippen LogP contribution >= 0.6 is 11.8 Å². The molecule has 190 valence electrons. The van der Waals surface area contributed by atoms with Gasteiger partial charge in [-0.3, -0.25) is 19.5 Å². The van der Waals surface area contributed by atoms with Gasteiger partial charge in [0.05, 0.1) is 10.7 Å². The van der Waals surface area contributed by atoms with Crippen molar-refractivity contribution in [2.24, 2.45) is 0 Å². The van der Waals surface area contributed by atoms with Crippen molar-refractivity contribution in [1.29, 1.82) is 0 Å². The van der Waals surface area contributed by atoms with Gasteiger partial charge in [-0.05, 0) is 38.1 Å². The maximum atomic E-state index is 13.0. The Morgan fingerprint density at radius 1 is 1.00 bits per heavy atom. The van der Waals surface area contributed by atoms with Gasteiger partial charge in [0.25, 0.3) is 11.6 Å². The molecule has 1 amide bonds. The number of hydrogen-bond donors (Lipinski definition) is 0. The monoisotopic (exact) mass is 519 g/mol. The number of anilines is 1. The van der Waals surface area contributed by atoms with E-state index in [-0.39, 0.29) is 17.3 Å². The molecular weight excluding hydrogens is 494 g/mol. The minimum atomic E-state index is -0.416. The highest BCUT2D eigenvalue weighted by Crippen LogP contribution is 2.26. The van der Waals surface area contributed by atoms with E-state index in [0.717, 1.165) is 22.4 Å². The summed E-state index contributed by atoms with van der Waals surface area (Å²) < 4.78 is 7.56. The molecule has 0 unspecified atom stereocenters. The van der Waals surface area contributed by atoms with Gasteiger partial charge in [-0.1, -0.05) is 29.5 Å². The molecule has 0 bridgehead atoms. The first-order valence-electron chi connectivity index (χ1n) is 11.7. The first-order chi connectivity index (χ1) is 17.9. The third kappa shape index (κ3) is 5.33. The Kier molecular flexibility index (Phi) is 6.91. The van der Waals surface area contributed by atoms with Crippen LogP contribution in [0.25, 0.3) is 5.69 Å². The quantitative estimate of drug-likeness (QED) is 0.202. The first-order valence-corrected chi connectivity index (χ1v) is 12.7. The summed E-state index contributed by atoms with van der Waals surface area (Å²) in [7, 11) is 0. The van der Waals surface area contributed by atoms with E-state index >= 15 is 0 Å². The van der Waals surface area contributed by atoms with E-state index in [9.17, 15) is 14.9 Å². The molecule has 1 fully saturated rings. The number of carbonyl (C=O) groups is 1. The molecule has 0 aliphatic carbocycles. The second kappa shape index (κ2) is 10.4. The molecule has 1 saturated heterocycles. The summed E-state index contributed by atoms with van der Waals surface area (Å²) in [6, 6.07) is 14.6. The van der Waals surface area contributed by atoms with Crippen LogP contribution in [-0.2, 0) is 5.75 Å². The number of nitro benzene ring substituents is 1. The van der Waals surface area contributed by atoms with E-state index in [1.807, 2.05) is 42.7 Å². The number of aryl methyl sites for hydroxylation is 2. The number of non-ortho nitro benzene ring substituents is 1. The van der Waals surface area contributed by atoms with Crippen LogP contribution < -0.4 is 4.90 Å². The Morgan fingerprint density at radius 3 is 2.35 bits per heavy atom. The number of rotatable bonds is 7. The lowest BCUT2D eigenvalue weighted by Crippen LogP contribution is -2.48. The molecule has 2 aromatic heterocycles. The van der Waals surface area contributed by atoms with Gasteiger partial charge >= 0.3 is 0 Å². The molecule has 3 heterocycles. The molecule has 37 heavy (non-hydrogen) atoms. The highest BCUT2D eigenvalue weighted by Gasteiger charge is 2.25. The van der Waals surface area contributed by atoms with Gasteiger partial charge < -0.3 is 14.2 Å². The topological polar surface area (TPSA) is 123 Å². The van der Waals surface area contributed by atoms with E-state index in [4.69, 9.17) is 4.42 Å². The van der Waals surface area contributed by atoms with E-state index < -0.39 is 4.92 Å². The number of hydrogen-bond acceptors (Lipinski definition) is 9.